The minimum Gasteiger partial charge on any atom is -0.496 e. The summed E-state index contributed by atoms with van der Waals surface area (Å²) in [6.07, 6.45) is 1.55. The minimum atomic E-state index is 0.472. The monoisotopic (exact) mass is 363 g/mol. The van der Waals surface area contributed by atoms with E-state index in [0.717, 1.165) is 39.6 Å². The molecule has 0 fully saturated rings. The molecule has 0 N–H and O–H groups in total. The van der Waals surface area contributed by atoms with Crippen LogP contribution >= 0.6 is 11.3 Å². The molecule has 0 amide bonds. The fourth-order valence-corrected chi connectivity index (χ4v) is 3.92. The van der Waals surface area contributed by atoms with Gasteiger partial charge in [0.05, 0.1) is 7.11 Å². The second-order valence-electron chi connectivity index (χ2n) is 6.00. The first-order chi connectivity index (χ1) is 12.7. The van der Waals surface area contributed by atoms with Crippen molar-refractivity contribution in [3.63, 3.8) is 0 Å². The van der Waals surface area contributed by atoms with Gasteiger partial charge >= 0.3 is 0 Å². The number of carbonyl (C=O) groups excluding carboxylic acids is 1. The molecule has 2 aromatic heterocycles. The van der Waals surface area contributed by atoms with Gasteiger partial charge in [-0.05, 0) is 36.2 Å². The van der Waals surface area contributed by atoms with Crippen LogP contribution < -0.4 is 4.74 Å². The van der Waals surface area contributed by atoms with Crippen molar-refractivity contribution in [3.8, 4) is 17.0 Å². The first kappa shape index (κ1) is 16.5. The van der Waals surface area contributed by atoms with Crippen molar-refractivity contribution in [2.24, 2.45) is 0 Å². The Hall–Kier alpha value is -2.99. The van der Waals surface area contributed by atoms with E-state index in [-0.39, 0.29) is 0 Å². The van der Waals surface area contributed by atoms with Crippen LogP contribution in [0.3, 0.4) is 0 Å². The predicted molar refractivity (Wildman–Crippen MR) is 102 cm³/mol. The molecular weight excluding hydrogens is 346 g/mol. The largest absolute Gasteiger partial charge is 0.496 e. The van der Waals surface area contributed by atoms with E-state index < -0.39 is 0 Å². The standard InChI is InChI=1S/C20H17N3O2S/c1-13-10-15(8-9-17(13)25-2)19-16(12-24)23-20(21-19)26-18(22-23)11-14-6-4-3-5-7-14/h3-10,12H,11H2,1-2H3. The smallest absolute Gasteiger partial charge is 0.213 e. The Morgan fingerprint density at radius 3 is 2.69 bits per heavy atom. The van der Waals surface area contributed by atoms with Crippen LogP contribution in [-0.4, -0.2) is 28.0 Å². The van der Waals surface area contributed by atoms with E-state index in [1.807, 2.05) is 43.3 Å². The molecule has 0 unspecified atom stereocenters. The number of aldehydes is 1. The number of rotatable bonds is 5. The number of nitrogens with zero attached hydrogens (tertiary/aromatic N) is 3. The molecule has 0 atom stereocenters. The Kier molecular flexibility index (Phi) is 4.26. The van der Waals surface area contributed by atoms with Crippen LogP contribution in [0.4, 0.5) is 0 Å². The zero-order valence-corrected chi connectivity index (χ0v) is 15.3. The average Bonchev–Trinajstić information content (AvgIpc) is 3.19. The second-order valence-corrected chi connectivity index (χ2v) is 7.04. The number of fused-ring (bicyclic) bond motifs is 1. The molecule has 0 bridgehead atoms. The average molecular weight is 363 g/mol. The van der Waals surface area contributed by atoms with Gasteiger partial charge in [-0.1, -0.05) is 41.7 Å². The van der Waals surface area contributed by atoms with E-state index in [1.165, 1.54) is 16.9 Å². The quantitative estimate of drug-likeness (QED) is 0.499. The topological polar surface area (TPSA) is 56.5 Å². The molecule has 2 heterocycles. The predicted octanol–water partition coefficient (Wildman–Crippen LogP) is 4.18. The van der Waals surface area contributed by atoms with E-state index in [9.17, 15) is 4.79 Å². The van der Waals surface area contributed by atoms with E-state index >= 15 is 0 Å². The summed E-state index contributed by atoms with van der Waals surface area (Å²) < 4.78 is 6.95. The second kappa shape index (κ2) is 6.72. The van der Waals surface area contributed by atoms with Gasteiger partial charge in [0, 0.05) is 12.0 Å². The van der Waals surface area contributed by atoms with Crippen molar-refractivity contribution in [2.75, 3.05) is 7.11 Å². The maximum atomic E-state index is 11.7. The number of imidazole rings is 1. The lowest BCUT2D eigenvalue weighted by Gasteiger charge is -2.06. The molecule has 0 spiro atoms. The van der Waals surface area contributed by atoms with Gasteiger partial charge in [0.25, 0.3) is 0 Å². The third-order valence-corrected chi connectivity index (χ3v) is 5.17. The van der Waals surface area contributed by atoms with Gasteiger partial charge in [-0.25, -0.2) is 4.98 Å². The van der Waals surface area contributed by atoms with Crippen molar-refractivity contribution in [1.82, 2.24) is 14.6 Å². The fraction of sp³-hybridized carbons (Fsp3) is 0.150. The van der Waals surface area contributed by atoms with Gasteiger partial charge in [0.2, 0.25) is 4.96 Å². The molecule has 4 rings (SSSR count). The van der Waals surface area contributed by atoms with Crippen LogP contribution in [0.2, 0.25) is 0 Å². The summed E-state index contributed by atoms with van der Waals surface area (Å²) in [5.41, 5.74) is 4.18. The summed E-state index contributed by atoms with van der Waals surface area (Å²) in [6.45, 7) is 1.97. The molecule has 0 aliphatic heterocycles. The molecule has 130 valence electrons. The van der Waals surface area contributed by atoms with Crippen LogP contribution in [0, 0.1) is 6.92 Å². The highest BCUT2D eigenvalue weighted by molar-refractivity contribution is 7.16. The molecule has 6 heteroatoms. The summed E-state index contributed by atoms with van der Waals surface area (Å²) in [5.74, 6) is 0.811. The lowest BCUT2D eigenvalue weighted by atomic mass is 10.1. The molecular formula is C20H17N3O2S. The van der Waals surface area contributed by atoms with E-state index in [2.05, 4.69) is 22.2 Å². The molecule has 0 saturated heterocycles. The first-order valence-corrected chi connectivity index (χ1v) is 9.04. The Morgan fingerprint density at radius 2 is 2.00 bits per heavy atom. The van der Waals surface area contributed by atoms with Crippen LogP contribution in [0.25, 0.3) is 16.2 Å². The van der Waals surface area contributed by atoms with Crippen molar-refractivity contribution < 1.29 is 9.53 Å². The van der Waals surface area contributed by atoms with Gasteiger partial charge in [-0.15, -0.1) is 0 Å². The number of benzene rings is 2. The van der Waals surface area contributed by atoms with Crippen molar-refractivity contribution >= 4 is 22.6 Å². The molecule has 5 nitrogen and oxygen atoms in total. The molecule has 0 aliphatic rings. The Balaban J connectivity index is 1.74. The summed E-state index contributed by atoms with van der Waals surface area (Å²) in [5, 5.41) is 5.53. The van der Waals surface area contributed by atoms with E-state index in [1.54, 1.807) is 11.6 Å². The van der Waals surface area contributed by atoms with Gasteiger partial charge in [-0.2, -0.15) is 9.61 Å². The fourth-order valence-electron chi connectivity index (χ4n) is 2.99. The van der Waals surface area contributed by atoms with Crippen molar-refractivity contribution in [1.29, 1.82) is 0 Å². The zero-order chi connectivity index (χ0) is 18.1. The summed E-state index contributed by atoms with van der Waals surface area (Å²) >= 11 is 1.51. The molecule has 26 heavy (non-hydrogen) atoms. The summed E-state index contributed by atoms with van der Waals surface area (Å²) in [4.78, 5) is 17.1. The van der Waals surface area contributed by atoms with Crippen molar-refractivity contribution in [2.45, 2.75) is 13.3 Å². The number of aryl methyl sites for hydroxylation is 1. The third kappa shape index (κ3) is 2.88. The Bertz CT molecular complexity index is 1080. The zero-order valence-electron chi connectivity index (χ0n) is 14.5. The summed E-state index contributed by atoms with van der Waals surface area (Å²) in [7, 11) is 1.64. The number of methoxy groups -OCH3 is 1. The highest BCUT2D eigenvalue weighted by atomic mass is 32.1. The number of aromatic nitrogens is 3. The van der Waals surface area contributed by atoms with Crippen LogP contribution in [-0.2, 0) is 6.42 Å². The van der Waals surface area contributed by atoms with Crippen molar-refractivity contribution in [3.05, 3.63) is 70.4 Å². The maximum absolute atomic E-state index is 11.7. The summed E-state index contributed by atoms with van der Waals surface area (Å²) in [6, 6.07) is 15.9. The van der Waals surface area contributed by atoms with Crippen LogP contribution in [0.1, 0.15) is 26.6 Å². The molecule has 4 aromatic rings. The Labute approximate surface area is 154 Å². The third-order valence-electron chi connectivity index (χ3n) is 4.26. The molecule has 0 radical (unpaired) electrons. The highest BCUT2D eigenvalue weighted by Gasteiger charge is 2.18. The number of carbonyl (C=O) groups is 1. The van der Waals surface area contributed by atoms with Gasteiger partial charge in [0.1, 0.15) is 22.1 Å². The highest BCUT2D eigenvalue weighted by Crippen LogP contribution is 2.30. The van der Waals surface area contributed by atoms with Gasteiger partial charge < -0.3 is 4.74 Å². The van der Waals surface area contributed by atoms with Crippen LogP contribution in [0.15, 0.2) is 48.5 Å². The minimum absolute atomic E-state index is 0.472. The number of ether oxygens (including phenoxy) is 1. The van der Waals surface area contributed by atoms with Gasteiger partial charge in [-0.3, -0.25) is 4.79 Å². The lowest BCUT2D eigenvalue weighted by Crippen LogP contribution is -1.96. The van der Waals surface area contributed by atoms with Gasteiger partial charge in [0.15, 0.2) is 6.29 Å². The molecule has 0 saturated carbocycles. The van der Waals surface area contributed by atoms with Crippen LogP contribution in [0.5, 0.6) is 5.75 Å². The maximum Gasteiger partial charge on any atom is 0.213 e. The normalized spacial score (nSPS) is 11.0. The van der Waals surface area contributed by atoms with E-state index in [0.29, 0.717) is 11.4 Å². The SMILES string of the molecule is COc1ccc(-c2nc3sc(Cc4ccccc4)nn3c2C=O)cc1C. The molecule has 0 aliphatic carbocycles. The number of hydrogen-bond donors (Lipinski definition) is 0. The first-order valence-electron chi connectivity index (χ1n) is 8.22. The molecule has 2 aromatic carbocycles. The lowest BCUT2D eigenvalue weighted by molar-refractivity contribution is 0.111. The van der Waals surface area contributed by atoms with E-state index in [4.69, 9.17) is 4.74 Å². The Morgan fingerprint density at radius 1 is 1.19 bits per heavy atom. The number of hydrogen-bond acceptors (Lipinski definition) is 5.